The van der Waals surface area contributed by atoms with E-state index in [0.29, 0.717) is 5.57 Å². The highest BCUT2D eigenvalue weighted by Gasteiger charge is 2.51. The predicted molar refractivity (Wildman–Crippen MR) is 70.4 cm³/mol. The van der Waals surface area contributed by atoms with Gasteiger partial charge in [0.1, 0.15) is 0 Å². The molecule has 0 radical (unpaired) electrons. The first-order valence-electron chi connectivity index (χ1n) is 7.19. The molecule has 4 saturated carbocycles. The molecule has 0 heterocycles. The van der Waals surface area contributed by atoms with E-state index in [9.17, 15) is 9.59 Å². The maximum absolute atomic E-state index is 12.1. The number of amides is 1. The maximum Gasteiger partial charge on any atom is 0.328 e. The summed E-state index contributed by atoms with van der Waals surface area (Å²) in [5.74, 6) is 1.06. The molecule has 4 rings (SSSR count). The minimum Gasteiger partial charge on any atom is -0.478 e. The lowest BCUT2D eigenvalue weighted by Gasteiger charge is -2.56. The predicted octanol–water partition coefficient (Wildman–Crippen LogP) is 2.10. The van der Waals surface area contributed by atoms with Gasteiger partial charge in [-0.3, -0.25) is 4.79 Å². The van der Waals surface area contributed by atoms with Crippen molar-refractivity contribution in [3.63, 3.8) is 0 Å². The van der Waals surface area contributed by atoms with E-state index < -0.39 is 5.97 Å². The van der Waals surface area contributed by atoms with Crippen LogP contribution in [0.25, 0.3) is 0 Å². The van der Waals surface area contributed by atoms with Crippen molar-refractivity contribution in [1.82, 2.24) is 5.32 Å². The van der Waals surface area contributed by atoms with Crippen molar-refractivity contribution in [2.75, 3.05) is 0 Å². The molecule has 0 spiro atoms. The Morgan fingerprint density at radius 3 is 2.00 bits per heavy atom. The number of hydrogen-bond donors (Lipinski definition) is 2. The molecule has 4 bridgehead atoms. The van der Waals surface area contributed by atoms with E-state index in [2.05, 4.69) is 5.32 Å². The Morgan fingerprint density at radius 1 is 1.11 bits per heavy atom. The Balaban J connectivity index is 1.73. The average molecular weight is 263 g/mol. The van der Waals surface area contributed by atoms with Gasteiger partial charge in [0.25, 0.3) is 0 Å². The van der Waals surface area contributed by atoms with E-state index in [4.69, 9.17) is 5.11 Å². The molecule has 1 amide bonds. The van der Waals surface area contributed by atoms with Crippen LogP contribution in [-0.2, 0) is 9.59 Å². The number of carboxylic acids is 1. The molecule has 0 aliphatic heterocycles. The second-order valence-corrected chi connectivity index (χ2v) is 6.82. The first kappa shape index (κ1) is 12.7. The third-order valence-electron chi connectivity index (χ3n) is 5.12. The highest BCUT2D eigenvalue weighted by atomic mass is 16.4. The summed E-state index contributed by atoms with van der Waals surface area (Å²) < 4.78 is 0. The lowest BCUT2D eigenvalue weighted by atomic mass is 9.53. The second-order valence-electron chi connectivity index (χ2n) is 6.82. The van der Waals surface area contributed by atoms with Crippen molar-refractivity contribution in [3.8, 4) is 0 Å². The zero-order valence-corrected chi connectivity index (χ0v) is 11.3. The Bertz CT molecular complexity index is 417. The van der Waals surface area contributed by atoms with Gasteiger partial charge < -0.3 is 10.4 Å². The fraction of sp³-hybridized carbons (Fsp3) is 0.733. The van der Waals surface area contributed by atoms with Gasteiger partial charge in [-0.15, -0.1) is 0 Å². The molecule has 0 aromatic carbocycles. The fourth-order valence-electron chi connectivity index (χ4n) is 4.85. The average Bonchev–Trinajstić information content (AvgIpc) is 2.24. The van der Waals surface area contributed by atoms with Crippen LogP contribution in [0.5, 0.6) is 0 Å². The van der Waals surface area contributed by atoms with Crippen LogP contribution >= 0.6 is 0 Å². The van der Waals surface area contributed by atoms with E-state index in [0.717, 1.165) is 43.1 Å². The van der Waals surface area contributed by atoms with Gasteiger partial charge >= 0.3 is 5.97 Å². The molecule has 19 heavy (non-hydrogen) atoms. The summed E-state index contributed by atoms with van der Waals surface area (Å²) >= 11 is 0. The van der Waals surface area contributed by atoms with E-state index in [1.54, 1.807) is 6.92 Å². The number of aliphatic carboxylic acids is 1. The zero-order valence-electron chi connectivity index (χ0n) is 11.3. The SMILES string of the molecule is C/C(=C\C(=O)O)C(=O)NC12CC3CC(CC(C3)C1)C2. The van der Waals surface area contributed by atoms with Crippen molar-refractivity contribution in [3.05, 3.63) is 11.6 Å². The molecule has 0 atom stereocenters. The topological polar surface area (TPSA) is 66.4 Å². The third-order valence-corrected chi connectivity index (χ3v) is 5.12. The van der Waals surface area contributed by atoms with Crippen molar-refractivity contribution in [1.29, 1.82) is 0 Å². The molecule has 0 saturated heterocycles. The molecule has 0 aromatic heterocycles. The summed E-state index contributed by atoms with van der Waals surface area (Å²) in [6.07, 6.45) is 8.26. The quantitative estimate of drug-likeness (QED) is 0.766. The molecule has 4 fully saturated rings. The van der Waals surface area contributed by atoms with Crippen LogP contribution in [0.1, 0.15) is 45.4 Å². The maximum atomic E-state index is 12.1. The normalized spacial score (nSPS) is 40.3. The summed E-state index contributed by atoms with van der Waals surface area (Å²) in [6, 6.07) is 0. The van der Waals surface area contributed by atoms with Crippen molar-refractivity contribution >= 4 is 11.9 Å². The summed E-state index contributed by atoms with van der Waals surface area (Å²) in [7, 11) is 0. The number of rotatable bonds is 3. The molecule has 4 aliphatic carbocycles. The van der Waals surface area contributed by atoms with Gasteiger partial charge in [-0.25, -0.2) is 4.79 Å². The number of carbonyl (C=O) groups excluding carboxylic acids is 1. The minimum absolute atomic E-state index is 0.0422. The zero-order chi connectivity index (χ0) is 13.6. The molecular weight excluding hydrogens is 242 g/mol. The van der Waals surface area contributed by atoms with Gasteiger partial charge in [0, 0.05) is 17.2 Å². The molecule has 0 unspecified atom stereocenters. The summed E-state index contributed by atoms with van der Waals surface area (Å²) in [4.78, 5) is 22.7. The first-order chi connectivity index (χ1) is 8.96. The molecular formula is C15H21NO3. The lowest BCUT2D eigenvalue weighted by Crippen LogP contribution is -2.60. The van der Waals surface area contributed by atoms with Crippen molar-refractivity contribution < 1.29 is 14.7 Å². The third kappa shape index (κ3) is 2.40. The lowest BCUT2D eigenvalue weighted by molar-refractivity contribution is -0.132. The van der Waals surface area contributed by atoms with Crippen LogP contribution in [0.3, 0.4) is 0 Å². The molecule has 4 aliphatic rings. The Morgan fingerprint density at radius 2 is 1.58 bits per heavy atom. The number of carboxylic acid groups (broad SMARTS) is 1. The van der Waals surface area contributed by atoms with Gasteiger partial charge in [-0.05, 0) is 63.2 Å². The second kappa shape index (κ2) is 4.36. The van der Waals surface area contributed by atoms with Crippen LogP contribution in [0.15, 0.2) is 11.6 Å². The van der Waals surface area contributed by atoms with Crippen LogP contribution in [0.4, 0.5) is 0 Å². The van der Waals surface area contributed by atoms with Crippen molar-refractivity contribution in [2.45, 2.75) is 51.0 Å². The standard InChI is InChI=1S/C15H21NO3/c1-9(2-13(17)18)14(19)16-15-6-10-3-11(7-15)5-12(4-10)8-15/h2,10-12H,3-8H2,1H3,(H,16,19)(H,17,18)/b9-2+. The number of carbonyl (C=O) groups is 2. The monoisotopic (exact) mass is 263 g/mol. The smallest absolute Gasteiger partial charge is 0.328 e. The van der Waals surface area contributed by atoms with Gasteiger partial charge in [0.2, 0.25) is 5.91 Å². The summed E-state index contributed by atoms with van der Waals surface area (Å²) in [5.41, 5.74) is 0.252. The van der Waals surface area contributed by atoms with Crippen LogP contribution < -0.4 is 5.32 Å². The number of hydrogen-bond acceptors (Lipinski definition) is 2. The van der Waals surface area contributed by atoms with Crippen LogP contribution in [0.2, 0.25) is 0 Å². The fourth-order valence-corrected chi connectivity index (χ4v) is 4.85. The van der Waals surface area contributed by atoms with E-state index in [1.165, 1.54) is 19.3 Å². The first-order valence-corrected chi connectivity index (χ1v) is 7.19. The molecule has 2 N–H and O–H groups in total. The van der Waals surface area contributed by atoms with E-state index in [1.807, 2.05) is 0 Å². The molecule has 4 heteroatoms. The van der Waals surface area contributed by atoms with Gasteiger partial charge in [0.05, 0.1) is 0 Å². The van der Waals surface area contributed by atoms with Gasteiger partial charge in [-0.1, -0.05) is 0 Å². The largest absolute Gasteiger partial charge is 0.478 e. The van der Waals surface area contributed by atoms with Crippen LogP contribution in [0, 0.1) is 17.8 Å². The molecule has 4 nitrogen and oxygen atoms in total. The van der Waals surface area contributed by atoms with Gasteiger partial charge in [-0.2, -0.15) is 0 Å². The van der Waals surface area contributed by atoms with Crippen LogP contribution in [-0.4, -0.2) is 22.5 Å². The summed E-state index contributed by atoms with van der Waals surface area (Å²) in [5, 5.41) is 11.9. The Kier molecular flexibility index (Phi) is 2.91. The highest BCUT2D eigenvalue weighted by Crippen LogP contribution is 2.55. The van der Waals surface area contributed by atoms with E-state index >= 15 is 0 Å². The molecule has 0 aromatic rings. The van der Waals surface area contributed by atoms with Gasteiger partial charge in [0.15, 0.2) is 0 Å². The van der Waals surface area contributed by atoms with E-state index in [-0.39, 0.29) is 11.4 Å². The Labute approximate surface area is 113 Å². The Hall–Kier alpha value is -1.32. The van der Waals surface area contributed by atoms with Crippen molar-refractivity contribution in [2.24, 2.45) is 17.8 Å². The number of nitrogens with one attached hydrogen (secondary N) is 1. The summed E-state index contributed by atoms with van der Waals surface area (Å²) in [6.45, 7) is 1.57. The highest BCUT2D eigenvalue weighted by molar-refractivity contribution is 5.98. The molecule has 104 valence electrons. The minimum atomic E-state index is -1.06.